The molecule has 2 aromatic rings. The van der Waals surface area contributed by atoms with E-state index < -0.39 is 0 Å². The second-order valence-corrected chi connectivity index (χ2v) is 5.03. The summed E-state index contributed by atoms with van der Waals surface area (Å²) in [6, 6.07) is 7.02. The quantitative estimate of drug-likeness (QED) is 0.931. The first-order valence-corrected chi connectivity index (χ1v) is 6.60. The minimum atomic E-state index is -0.268. The number of nitrogens with zero attached hydrogens (tertiary/aromatic N) is 2. The fraction of sp³-hybridized carbons (Fsp3) is 0.308. The van der Waals surface area contributed by atoms with E-state index >= 15 is 0 Å². The molecule has 2 N–H and O–H groups in total. The van der Waals surface area contributed by atoms with E-state index in [-0.39, 0.29) is 6.04 Å². The van der Waals surface area contributed by atoms with Crippen LogP contribution in [0.15, 0.2) is 30.5 Å². The summed E-state index contributed by atoms with van der Waals surface area (Å²) >= 11 is 12.0. The molecule has 0 aliphatic carbocycles. The van der Waals surface area contributed by atoms with Gasteiger partial charge in [0.2, 0.25) is 0 Å². The first-order valence-electron chi connectivity index (χ1n) is 5.85. The van der Waals surface area contributed by atoms with Crippen LogP contribution in [0.3, 0.4) is 0 Å². The van der Waals surface area contributed by atoms with Crippen LogP contribution in [0.1, 0.15) is 30.6 Å². The lowest BCUT2D eigenvalue weighted by Crippen LogP contribution is -2.17. The third kappa shape index (κ3) is 2.86. The van der Waals surface area contributed by atoms with Gasteiger partial charge in [0.05, 0.1) is 11.7 Å². The van der Waals surface area contributed by atoms with Crippen LogP contribution in [-0.2, 0) is 6.54 Å². The molecule has 0 fully saturated rings. The molecule has 5 heteroatoms. The third-order valence-corrected chi connectivity index (χ3v) is 3.18. The van der Waals surface area contributed by atoms with E-state index in [0.29, 0.717) is 10.0 Å². The number of hydrogen-bond acceptors (Lipinski definition) is 2. The molecule has 1 unspecified atom stereocenters. The molecule has 96 valence electrons. The van der Waals surface area contributed by atoms with Gasteiger partial charge in [-0.1, -0.05) is 30.1 Å². The zero-order chi connectivity index (χ0) is 13.1. The number of rotatable bonds is 4. The molecule has 0 aliphatic rings. The Bertz CT molecular complexity index is 517. The lowest BCUT2D eigenvalue weighted by molar-refractivity contribution is 0.560. The van der Waals surface area contributed by atoms with Gasteiger partial charge >= 0.3 is 0 Å². The molecule has 0 amide bonds. The van der Waals surface area contributed by atoms with Crippen molar-refractivity contribution in [1.82, 2.24) is 9.78 Å². The van der Waals surface area contributed by atoms with Gasteiger partial charge in [0.15, 0.2) is 0 Å². The van der Waals surface area contributed by atoms with Gasteiger partial charge in [0.1, 0.15) is 0 Å². The largest absolute Gasteiger partial charge is 0.319 e. The molecule has 0 saturated heterocycles. The second kappa shape index (κ2) is 5.74. The molecule has 1 heterocycles. The molecule has 18 heavy (non-hydrogen) atoms. The van der Waals surface area contributed by atoms with E-state index in [9.17, 15) is 0 Å². The van der Waals surface area contributed by atoms with Gasteiger partial charge in [-0.05, 0) is 36.2 Å². The van der Waals surface area contributed by atoms with Crippen LogP contribution >= 0.6 is 23.2 Å². The number of aromatic nitrogens is 2. The zero-order valence-electron chi connectivity index (χ0n) is 10.1. The predicted octanol–water partition coefficient (Wildman–Crippen LogP) is 3.65. The van der Waals surface area contributed by atoms with Crippen molar-refractivity contribution in [3.8, 4) is 0 Å². The molecule has 0 saturated carbocycles. The number of nitrogens with two attached hydrogens (primary N) is 1. The standard InChI is InChI=1S/C13H15Cl2N3/c1-2-5-18-12(3-4-17-18)13(16)9-6-10(14)8-11(15)7-9/h3-4,6-8,13H,2,5,16H2,1H3. The Kier molecular flexibility index (Phi) is 4.27. The summed E-state index contributed by atoms with van der Waals surface area (Å²) in [4.78, 5) is 0. The van der Waals surface area contributed by atoms with Crippen molar-refractivity contribution in [3.05, 3.63) is 51.8 Å². The fourth-order valence-electron chi connectivity index (χ4n) is 1.93. The van der Waals surface area contributed by atoms with Gasteiger partial charge in [-0.25, -0.2) is 0 Å². The van der Waals surface area contributed by atoms with Crippen LogP contribution < -0.4 is 5.73 Å². The van der Waals surface area contributed by atoms with Crippen molar-refractivity contribution >= 4 is 23.2 Å². The lowest BCUT2D eigenvalue weighted by Gasteiger charge is -2.15. The average Bonchev–Trinajstić information content (AvgIpc) is 2.75. The summed E-state index contributed by atoms with van der Waals surface area (Å²) in [6.45, 7) is 2.96. The normalized spacial score (nSPS) is 12.7. The van der Waals surface area contributed by atoms with E-state index in [4.69, 9.17) is 28.9 Å². The van der Waals surface area contributed by atoms with Crippen LogP contribution in [-0.4, -0.2) is 9.78 Å². The molecular weight excluding hydrogens is 269 g/mol. The summed E-state index contributed by atoms with van der Waals surface area (Å²) in [5.41, 5.74) is 8.11. The Morgan fingerprint density at radius 2 is 1.94 bits per heavy atom. The minimum Gasteiger partial charge on any atom is -0.319 e. The maximum atomic E-state index is 6.25. The maximum Gasteiger partial charge on any atom is 0.0724 e. The van der Waals surface area contributed by atoms with Crippen LogP contribution in [0.5, 0.6) is 0 Å². The molecule has 2 rings (SSSR count). The number of benzene rings is 1. The minimum absolute atomic E-state index is 0.268. The van der Waals surface area contributed by atoms with Gasteiger partial charge in [-0.15, -0.1) is 0 Å². The summed E-state index contributed by atoms with van der Waals surface area (Å²) < 4.78 is 1.92. The zero-order valence-corrected chi connectivity index (χ0v) is 11.6. The summed E-state index contributed by atoms with van der Waals surface area (Å²) in [5, 5.41) is 5.45. The molecule has 0 bridgehead atoms. The third-order valence-electron chi connectivity index (χ3n) is 2.75. The number of halogens is 2. The molecule has 0 spiro atoms. The van der Waals surface area contributed by atoms with Crippen molar-refractivity contribution in [2.24, 2.45) is 5.73 Å². The average molecular weight is 284 g/mol. The Hall–Kier alpha value is -1.03. The smallest absolute Gasteiger partial charge is 0.0724 e. The highest BCUT2D eigenvalue weighted by molar-refractivity contribution is 6.34. The summed E-state index contributed by atoms with van der Waals surface area (Å²) in [5.74, 6) is 0. The summed E-state index contributed by atoms with van der Waals surface area (Å²) in [7, 11) is 0. The molecule has 3 nitrogen and oxygen atoms in total. The van der Waals surface area contributed by atoms with E-state index in [0.717, 1.165) is 24.2 Å². The highest BCUT2D eigenvalue weighted by atomic mass is 35.5. The van der Waals surface area contributed by atoms with E-state index in [1.54, 1.807) is 12.3 Å². The molecule has 1 aromatic heterocycles. The molecule has 0 radical (unpaired) electrons. The topological polar surface area (TPSA) is 43.8 Å². The molecule has 1 atom stereocenters. The highest BCUT2D eigenvalue weighted by Gasteiger charge is 2.14. The number of hydrogen-bond donors (Lipinski definition) is 1. The van der Waals surface area contributed by atoms with Gasteiger partial charge < -0.3 is 5.73 Å². The van der Waals surface area contributed by atoms with Gasteiger partial charge in [-0.3, -0.25) is 4.68 Å². The van der Waals surface area contributed by atoms with Crippen molar-refractivity contribution in [2.75, 3.05) is 0 Å². The maximum absolute atomic E-state index is 6.25. The first-order chi connectivity index (χ1) is 8.61. The Morgan fingerprint density at radius 3 is 2.56 bits per heavy atom. The van der Waals surface area contributed by atoms with Crippen molar-refractivity contribution < 1.29 is 0 Å². The molecular formula is C13H15Cl2N3. The predicted molar refractivity (Wildman–Crippen MR) is 75.0 cm³/mol. The van der Waals surface area contributed by atoms with Gasteiger partial charge in [0.25, 0.3) is 0 Å². The SMILES string of the molecule is CCCn1nccc1C(N)c1cc(Cl)cc(Cl)c1. The van der Waals surface area contributed by atoms with Crippen molar-refractivity contribution in [3.63, 3.8) is 0 Å². The van der Waals surface area contributed by atoms with Gasteiger partial charge in [0, 0.05) is 22.8 Å². The summed E-state index contributed by atoms with van der Waals surface area (Å²) in [6.07, 6.45) is 2.77. The Morgan fingerprint density at radius 1 is 1.28 bits per heavy atom. The van der Waals surface area contributed by atoms with Crippen molar-refractivity contribution in [2.45, 2.75) is 25.9 Å². The van der Waals surface area contributed by atoms with Crippen LogP contribution in [0, 0.1) is 0 Å². The highest BCUT2D eigenvalue weighted by Crippen LogP contribution is 2.26. The van der Waals surface area contributed by atoms with E-state index in [2.05, 4.69) is 12.0 Å². The lowest BCUT2D eigenvalue weighted by atomic mass is 10.0. The second-order valence-electron chi connectivity index (χ2n) is 4.16. The van der Waals surface area contributed by atoms with Crippen LogP contribution in [0.25, 0.3) is 0 Å². The van der Waals surface area contributed by atoms with E-state index in [1.165, 1.54) is 0 Å². The first kappa shape index (κ1) is 13.4. The monoisotopic (exact) mass is 283 g/mol. The van der Waals surface area contributed by atoms with Gasteiger partial charge in [-0.2, -0.15) is 5.10 Å². The molecule has 1 aromatic carbocycles. The molecule has 0 aliphatic heterocycles. The fourth-order valence-corrected chi connectivity index (χ4v) is 2.47. The van der Waals surface area contributed by atoms with Crippen molar-refractivity contribution in [1.29, 1.82) is 0 Å². The number of aryl methyl sites for hydroxylation is 1. The Balaban J connectivity index is 2.34. The van der Waals surface area contributed by atoms with Crippen LogP contribution in [0.2, 0.25) is 10.0 Å². The Labute approximate surface area is 117 Å². The van der Waals surface area contributed by atoms with E-state index in [1.807, 2.05) is 22.9 Å². The van der Waals surface area contributed by atoms with Crippen LogP contribution in [0.4, 0.5) is 0 Å².